The highest BCUT2D eigenvalue weighted by molar-refractivity contribution is 5.88. The van der Waals surface area contributed by atoms with E-state index in [-0.39, 0.29) is 0 Å². The first-order chi connectivity index (χ1) is 10.4. The molecule has 0 radical (unpaired) electrons. The molecule has 21 heavy (non-hydrogen) atoms. The van der Waals surface area contributed by atoms with Crippen molar-refractivity contribution in [3.63, 3.8) is 0 Å². The van der Waals surface area contributed by atoms with Crippen molar-refractivity contribution in [2.24, 2.45) is 0 Å². The van der Waals surface area contributed by atoms with Gasteiger partial charge < -0.3 is 0 Å². The molecule has 0 fully saturated rings. The van der Waals surface area contributed by atoms with Crippen molar-refractivity contribution < 1.29 is 0 Å². The molecule has 0 saturated heterocycles. The van der Waals surface area contributed by atoms with Crippen molar-refractivity contribution in [3.8, 4) is 0 Å². The molecule has 4 aromatic carbocycles. The lowest BCUT2D eigenvalue weighted by Crippen LogP contribution is -1.88. The maximum absolute atomic E-state index is 2.29. The number of aryl methyl sites for hydroxylation is 2. The highest BCUT2D eigenvalue weighted by Gasteiger charge is 1.97. The predicted molar refractivity (Wildman–Crippen MR) is 91.1 cm³/mol. The molecule has 0 atom stereocenters. The highest BCUT2D eigenvalue weighted by Crippen LogP contribution is 2.25. The molecule has 0 aliphatic heterocycles. The second-order valence-corrected chi connectivity index (χ2v) is 5.75. The molecule has 0 heteroatoms. The van der Waals surface area contributed by atoms with Gasteiger partial charge in [-0.15, -0.1) is 94.7 Å². The van der Waals surface area contributed by atoms with E-state index in [2.05, 4.69) is 72.8 Å². The molecule has 0 nitrogen and oxygen atoms in total. The first-order valence-corrected chi connectivity index (χ1v) is 7.68. The van der Waals surface area contributed by atoms with E-state index in [0.29, 0.717) is 0 Å². The summed E-state index contributed by atoms with van der Waals surface area (Å²) in [5.41, 5.74) is 2.97. The fourth-order valence-electron chi connectivity index (χ4n) is 3.34. The van der Waals surface area contributed by atoms with E-state index in [4.69, 9.17) is 0 Å². The van der Waals surface area contributed by atoms with E-state index < -0.39 is 0 Å². The molecule has 0 amide bonds. The number of rotatable bonds is 4. The normalized spacial score (nSPS) is 11.4. The molecule has 0 unspecified atom stereocenters. The van der Waals surface area contributed by atoms with Gasteiger partial charge in [0.15, 0.2) is 0 Å². The Morgan fingerprint density at radius 3 is 1.62 bits per heavy atom. The minimum absolute atomic E-state index is 1.16. The van der Waals surface area contributed by atoms with Crippen LogP contribution in [0.25, 0.3) is 21.5 Å². The Bertz CT molecular complexity index is 799. The molecule has 4 aromatic rings. The van der Waals surface area contributed by atoms with Crippen molar-refractivity contribution in [2.75, 3.05) is 0 Å². The van der Waals surface area contributed by atoms with Gasteiger partial charge in [-0.1, -0.05) is 30.0 Å². The molecular weight excluding hydrogens is 252 g/mol. The Hall–Kier alpha value is -2.34. The van der Waals surface area contributed by atoms with E-state index in [0.717, 1.165) is 12.8 Å². The monoisotopic (exact) mass is 270 g/mol. The minimum atomic E-state index is 1.16. The fourth-order valence-corrected chi connectivity index (χ4v) is 3.34. The van der Waals surface area contributed by atoms with Crippen molar-refractivity contribution in [2.45, 2.75) is 19.3 Å². The maximum atomic E-state index is 2.29. The summed E-state index contributed by atoms with van der Waals surface area (Å²) < 4.78 is 0. The van der Waals surface area contributed by atoms with Crippen LogP contribution in [0.5, 0.6) is 0 Å². The summed E-state index contributed by atoms with van der Waals surface area (Å²) in [6, 6.07) is 26.4. The van der Waals surface area contributed by atoms with Gasteiger partial charge in [0.25, 0.3) is 0 Å². The molecule has 0 bridgehead atoms. The molecular formula is C21H18-2. The summed E-state index contributed by atoms with van der Waals surface area (Å²) in [6.45, 7) is 0. The van der Waals surface area contributed by atoms with Gasteiger partial charge in [0, 0.05) is 0 Å². The van der Waals surface area contributed by atoms with Crippen LogP contribution >= 0.6 is 0 Å². The third kappa shape index (κ3) is 2.27. The Kier molecular flexibility index (Phi) is 3.08. The summed E-state index contributed by atoms with van der Waals surface area (Å²) in [5, 5.41) is 5.58. The quantitative estimate of drug-likeness (QED) is 0.423. The topological polar surface area (TPSA) is 0 Å². The average molecular weight is 270 g/mol. The van der Waals surface area contributed by atoms with E-state index in [1.54, 1.807) is 0 Å². The average Bonchev–Trinajstić information content (AvgIpc) is 3.13. The van der Waals surface area contributed by atoms with E-state index in [1.807, 2.05) is 0 Å². The van der Waals surface area contributed by atoms with Crippen LogP contribution in [0.2, 0.25) is 0 Å². The van der Waals surface area contributed by atoms with Gasteiger partial charge in [0.1, 0.15) is 0 Å². The maximum Gasteiger partial charge on any atom is -0.0593 e. The van der Waals surface area contributed by atoms with Crippen LogP contribution in [0.15, 0.2) is 72.8 Å². The summed E-state index contributed by atoms with van der Waals surface area (Å²) in [7, 11) is 0. The highest BCUT2D eigenvalue weighted by atomic mass is 14.1. The Labute approximate surface area is 125 Å². The molecule has 0 N–H and O–H groups in total. The first-order valence-electron chi connectivity index (χ1n) is 7.68. The second kappa shape index (κ2) is 5.21. The van der Waals surface area contributed by atoms with Crippen molar-refractivity contribution in [3.05, 3.63) is 83.9 Å². The second-order valence-electron chi connectivity index (χ2n) is 5.75. The van der Waals surface area contributed by atoms with E-state index in [1.165, 1.54) is 39.1 Å². The minimum Gasteiger partial charge on any atom is -0.148 e. The lowest BCUT2D eigenvalue weighted by molar-refractivity contribution is 0.832. The molecule has 0 aromatic heterocycles. The molecule has 0 heterocycles. The lowest BCUT2D eigenvalue weighted by atomic mass is 10.0. The number of hydrogen-bond acceptors (Lipinski definition) is 0. The zero-order valence-corrected chi connectivity index (χ0v) is 12.0. The van der Waals surface area contributed by atoms with Gasteiger partial charge >= 0.3 is 0 Å². The predicted octanol–water partition coefficient (Wildman–Crippen LogP) is 5.61. The summed E-state index contributed by atoms with van der Waals surface area (Å²) in [5.74, 6) is 0. The summed E-state index contributed by atoms with van der Waals surface area (Å²) in [4.78, 5) is 0. The molecule has 0 saturated carbocycles. The van der Waals surface area contributed by atoms with E-state index >= 15 is 0 Å². The van der Waals surface area contributed by atoms with Gasteiger partial charge in [-0.05, 0) is 0 Å². The number of hydrogen-bond donors (Lipinski definition) is 0. The third-order valence-electron chi connectivity index (χ3n) is 4.43. The molecule has 0 aliphatic carbocycles. The molecule has 4 rings (SSSR count). The SMILES string of the molecule is c1cc[c-]2ccc(CCCc3cc[c-]4ccccc34)c2c1. The molecule has 0 spiro atoms. The van der Waals surface area contributed by atoms with E-state index in [9.17, 15) is 0 Å². The zero-order valence-electron chi connectivity index (χ0n) is 12.0. The van der Waals surface area contributed by atoms with Gasteiger partial charge in [-0.2, -0.15) is 0 Å². The largest absolute Gasteiger partial charge is 0.148 e. The van der Waals surface area contributed by atoms with Crippen LogP contribution in [0, 0.1) is 0 Å². The summed E-state index contributed by atoms with van der Waals surface area (Å²) in [6.07, 6.45) is 3.53. The smallest absolute Gasteiger partial charge is 0.0593 e. The van der Waals surface area contributed by atoms with Gasteiger partial charge in [-0.25, -0.2) is 0 Å². The zero-order chi connectivity index (χ0) is 14.1. The van der Waals surface area contributed by atoms with Crippen LogP contribution in [-0.2, 0) is 12.8 Å². The first kappa shape index (κ1) is 12.4. The van der Waals surface area contributed by atoms with Crippen molar-refractivity contribution in [1.82, 2.24) is 0 Å². The van der Waals surface area contributed by atoms with Crippen LogP contribution in [0.1, 0.15) is 17.5 Å². The van der Waals surface area contributed by atoms with Crippen LogP contribution < -0.4 is 0 Å². The number of fused-ring (bicyclic) bond motifs is 2. The van der Waals surface area contributed by atoms with Crippen LogP contribution in [0.3, 0.4) is 0 Å². The molecule has 0 aliphatic rings. The summed E-state index contributed by atoms with van der Waals surface area (Å²) >= 11 is 0. The van der Waals surface area contributed by atoms with Crippen LogP contribution in [-0.4, -0.2) is 0 Å². The number of benzene rings is 2. The fraction of sp³-hybridized carbons (Fsp3) is 0.143. The lowest BCUT2D eigenvalue weighted by Gasteiger charge is -2.08. The third-order valence-corrected chi connectivity index (χ3v) is 4.43. The standard InChI is InChI=1S/C21H18/c1-3-10-20-16(6-1)12-14-18(20)8-5-9-19-15-13-17-7-2-4-11-21(17)19/h1-4,6-7,10-15H,5,8-9H2/q-2. The van der Waals surface area contributed by atoms with Crippen molar-refractivity contribution >= 4 is 21.5 Å². The van der Waals surface area contributed by atoms with Gasteiger partial charge in [0.05, 0.1) is 0 Å². The Balaban J connectivity index is 1.50. The van der Waals surface area contributed by atoms with Crippen molar-refractivity contribution in [1.29, 1.82) is 0 Å². The van der Waals surface area contributed by atoms with Gasteiger partial charge in [0.2, 0.25) is 0 Å². The van der Waals surface area contributed by atoms with Gasteiger partial charge in [-0.3, -0.25) is 0 Å². The molecule has 104 valence electrons. The van der Waals surface area contributed by atoms with Crippen LogP contribution in [0.4, 0.5) is 0 Å². The Morgan fingerprint density at radius 2 is 1.10 bits per heavy atom. The Morgan fingerprint density at radius 1 is 0.571 bits per heavy atom.